The molecule has 0 aliphatic rings. The Morgan fingerprint density at radius 2 is 1.75 bits per heavy atom. The fourth-order valence-electron chi connectivity index (χ4n) is 1.65. The van der Waals surface area contributed by atoms with Gasteiger partial charge in [0.1, 0.15) is 0 Å². The van der Waals surface area contributed by atoms with Gasteiger partial charge in [-0.1, -0.05) is 20.8 Å². The standard InChI is InChI=1S/C13H17N3/c1-13(2,3)12-7-10(15)9-6-8(14)4-5-11(9)16-12/h4-7H,14H2,1-3H3,(H2,15,16). The summed E-state index contributed by atoms with van der Waals surface area (Å²) < 4.78 is 0. The van der Waals surface area contributed by atoms with Crippen LogP contribution in [0.25, 0.3) is 10.9 Å². The van der Waals surface area contributed by atoms with E-state index in [-0.39, 0.29) is 5.41 Å². The van der Waals surface area contributed by atoms with Crippen molar-refractivity contribution in [3.05, 3.63) is 30.0 Å². The SMILES string of the molecule is CC(C)(C)c1cc(N)c2cc(N)ccc2n1. The first kappa shape index (κ1) is 10.7. The number of pyridine rings is 1. The maximum atomic E-state index is 6.03. The molecule has 0 amide bonds. The molecule has 0 atom stereocenters. The molecule has 3 nitrogen and oxygen atoms in total. The Balaban J connectivity index is 2.74. The summed E-state index contributed by atoms with van der Waals surface area (Å²) in [7, 11) is 0. The Morgan fingerprint density at radius 1 is 1.06 bits per heavy atom. The van der Waals surface area contributed by atoms with Crippen LogP contribution >= 0.6 is 0 Å². The summed E-state index contributed by atoms with van der Waals surface area (Å²) in [5.74, 6) is 0. The Labute approximate surface area is 95.5 Å². The van der Waals surface area contributed by atoms with Gasteiger partial charge in [-0.2, -0.15) is 0 Å². The number of aromatic nitrogens is 1. The van der Waals surface area contributed by atoms with E-state index in [2.05, 4.69) is 25.8 Å². The fourth-order valence-corrected chi connectivity index (χ4v) is 1.65. The fraction of sp³-hybridized carbons (Fsp3) is 0.308. The van der Waals surface area contributed by atoms with E-state index < -0.39 is 0 Å². The molecule has 1 aromatic carbocycles. The largest absolute Gasteiger partial charge is 0.399 e. The average Bonchev–Trinajstić information content (AvgIpc) is 2.17. The van der Waals surface area contributed by atoms with Crippen LogP contribution in [0.15, 0.2) is 24.3 Å². The lowest BCUT2D eigenvalue weighted by molar-refractivity contribution is 0.572. The summed E-state index contributed by atoms with van der Waals surface area (Å²) >= 11 is 0. The number of benzene rings is 1. The average molecular weight is 215 g/mol. The minimum absolute atomic E-state index is 0.00367. The predicted molar refractivity (Wildman–Crippen MR) is 69.3 cm³/mol. The van der Waals surface area contributed by atoms with Gasteiger partial charge in [0.2, 0.25) is 0 Å². The van der Waals surface area contributed by atoms with Crippen molar-refractivity contribution in [1.82, 2.24) is 4.98 Å². The highest BCUT2D eigenvalue weighted by Crippen LogP contribution is 2.28. The molecule has 2 rings (SSSR count). The maximum Gasteiger partial charge on any atom is 0.0727 e. The third-order valence-electron chi connectivity index (χ3n) is 2.63. The van der Waals surface area contributed by atoms with Gasteiger partial charge in [0.25, 0.3) is 0 Å². The topological polar surface area (TPSA) is 64.9 Å². The lowest BCUT2D eigenvalue weighted by Crippen LogP contribution is -2.14. The number of rotatable bonds is 0. The smallest absolute Gasteiger partial charge is 0.0727 e. The molecule has 0 unspecified atom stereocenters. The molecule has 0 aliphatic carbocycles. The molecule has 0 saturated carbocycles. The van der Waals surface area contributed by atoms with E-state index in [0.29, 0.717) is 5.69 Å². The van der Waals surface area contributed by atoms with E-state index in [1.807, 2.05) is 24.3 Å². The van der Waals surface area contributed by atoms with Crippen molar-refractivity contribution in [2.75, 3.05) is 11.5 Å². The molecular formula is C13H17N3. The molecule has 0 bridgehead atoms. The Kier molecular flexibility index (Phi) is 2.26. The molecule has 4 N–H and O–H groups in total. The monoisotopic (exact) mass is 215 g/mol. The number of anilines is 2. The lowest BCUT2D eigenvalue weighted by Gasteiger charge is -2.19. The second-order valence-corrected chi connectivity index (χ2v) is 5.12. The third kappa shape index (κ3) is 1.81. The Morgan fingerprint density at radius 3 is 2.38 bits per heavy atom. The molecule has 84 valence electrons. The van der Waals surface area contributed by atoms with Crippen molar-refractivity contribution in [3.63, 3.8) is 0 Å². The summed E-state index contributed by atoms with van der Waals surface area (Å²) in [5.41, 5.74) is 15.1. The highest BCUT2D eigenvalue weighted by atomic mass is 14.7. The van der Waals surface area contributed by atoms with E-state index in [0.717, 1.165) is 22.3 Å². The van der Waals surface area contributed by atoms with Crippen molar-refractivity contribution in [1.29, 1.82) is 0 Å². The minimum atomic E-state index is 0.00367. The van der Waals surface area contributed by atoms with Crippen LogP contribution in [0.4, 0.5) is 11.4 Å². The first-order valence-electron chi connectivity index (χ1n) is 5.34. The molecule has 0 aliphatic heterocycles. The van der Waals surface area contributed by atoms with Crippen LogP contribution in [0, 0.1) is 0 Å². The zero-order chi connectivity index (χ0) is 11.9. The summed E-state index contributed by atoms with van der Waals surface area (Å²) in [5, 5.41) is 0.924. The van der Waals surface area contributed by atoms with Gasteiger partial charge in [-0.3, -0.25) is 4.98 Å². The van der Waals surface area contributed by atoms with Gasteiger partial charge in [-0.05, 0) is 24.3 Å². The summed E-state index contributed by atoms with van der Waals surface area (Å²) in [6, 6.07) is 7.56. The molecule has 3 heteroatoms. The molecule has 1 aromatic heterocycles. The third-order valence-corrected chi connectivity index (χ3v) is 2.63. The number of nitrogen functional groups attached to an aromatic ring is 2. The van der Waals surface area contributed by atoms with Gasteiger partial charge >= 0.3 is 0 Å². The summed E-state index contributed by atoms with van der Waals surface area (Å²) in [6.07, 6.45) is 0. The van der Waals surface area contributed by atoms with Crippen LogP contribution in [0.5, 0.6) is 0 Å². The summed E-state index contributed by atoms with van der Waals surface area (Å²) in [6.45, 7) is 6.37. The summed E-state index contributed by atoms with van der Waals surface area (Å²) in [4.78, 5) is 4.61. The number of nitrogens with zero attached hydrogens (tertiary/aromatic N) is 1. The first-order valence-corrected chi connectivity index (χ1v) is 5.34. The van der Waals surface area contributed by atoms with Gasteiger partial charge < -0.3 is 11.5 Å². The van der Waals surface area contributed by atoms with Crippen molar-refractivity contribution in [2.24, 2.45) is 0 Å². The van der Waals surface area contributed by atoms with Crippen molar-refractivity contribution in [2.45, 2.75) is 26.2 Å². The molecular weight excluding hydrogens is 198 g/mol. The minimum Gasteiger partial charge on any atom is -0.399 e. The normalized spacial score (nSPS) is 11.9. The van der Waals surface area contributed by atoms with E-state index in [4.69, 9.17) is 11.5 Å². The Bertz CT molecular complexity index is 539. The number of hydrogen-bond donors (Lipinski definition) is 2. The first-order chi connectivity index (χ1) is 7.38. The molecule has 16 heavy (non-hydrogen) atoms. The van der Waals surface area contributed by atoms with Gasteiger partial charge in [-0.25, -0.2) is 0 Å². The van der Waals surface area contributed by atoms with E-state index in [1.54, 1.807) is 0 Å². The second-order valence-electron chi connectivity index (χ2n) is 5.12. The van der Waals surface area contributed by atoms with Crippen LogP contribution in [-0.4, -0.2) is 4.98 Å². The Hall–Kier alpha value is -1.77. The second kappa shape index (κ2) is 3.37. The zero-order valence-corrected chi connectivity index (χ0v) is 9.91. The molecule has 0 spiro atoms. The van der Waals surface area contributed by atoms with Crippen LogP contribution in [0.2, 0.25) is 0 Å². The molecule has 1 heterocycles. The van der Waals surface area contributed by atoms with Crippen LogP contribution in [0.3, 0.4) is 0 Å². The van der Waals surface area contributed by atoms with E-state index in [9.17, 15) is 0 Å². The van der Waals surface area contributed by atoms with Crippen LogP contribution in [0.1, 0.15) is 26.5 Å². The quantitative estimate of drug-likeness (QED) is 0.664. The van der Waals surface area contributed by atoms with Crippen LogP contribution in [-0.2, 0) is 5.41 Å². The van der Waals surface area contributed by atoms with E-state index >= 15 is 0 Å². The van der Waals surface area contributed by atoms with E-state index in [1.165, 1.54) is 0 Å². The number of hydrogen-bond acceptors (Lipinski definition) is 3. The number of nitrogens with two attached hydrogens (primary N) is 2. The highest BCUT2D eigenvalue weighted by molar-refractivity contribution is 5.92. The van der Waals surface area contributed by atoms with Crippen molar-refractivity contribution < 1.29 is 0 Å². The van der Waals surface area contributed by atoms with Crippen molar-refractivity contribution >= 4 is 22.3 Å². The molecule has 2 aromatic rings. The van der Waals surface area contributed by atoms with Crippen LogP contribution < -0.4 is 11.5 Å². The van der Waals surface area contributed by atoms with Gasteiger partial charge in [0, 0.05) is 27.9 Å². The van der Waals surface area contributed by atoms with Crippen molar-refractivity contribution in [3.8, 4) is 0 Å². The highest BCUT2D eigenvalue weighted by Gasteiger charge is 2.17. The zero-order valence-electron chi connectivity index (χ0n) is 9.91. The lowest BCUT2D eigenvalue weighted by atomic mass is 9.91. The van der Waals surface area contributed by atoms with Gasteiger partial charge in [-0.15, -0.1) is 0 Å². The molecule has 0 radical (unpaired) electrons. The number of fused-ring (bicyclic) bond motifs is 1. The van der Waals surface area contributed by atoms with Gasteiger partial charge in [0.05, 0.1) is 5.52 Å². The molecule has 0 saturated heterocycles. The molecule has 0 fully saturated rings. The van der Waals surface area contributed by atoms with Gasteiger partial charge in [0.15, 0.2) is 0 Å². The maximum absolute atomic E-state index is 6.03. The predicted octanol–water partition coefficient (Wildman–Crippen LogP) is 2.70.